The van der Waals surface area contributed by atoms with Crippen molar-refractivity contribution in [3.63, 3.8) is 0 Å². The first kappa shape index (κ1) is 29.3. The van der Waals surface area contributed by atoms with Gasteiger partial charge in [-0.1, -0.05) is 48.9 Å². The van der Waals surface area contributed by atoms with Crippen molar-refractivity contribution in [3.05, 3.63) is 21.6 Å². The zero-order chi connectivity index (χ0) is 10.8. The molecule has 0 N–H and O–H groups in total. The molecule has 0 atom stereocenters. The van der Waals surface area contributed by atoms with Crippen LogP contribution in [0.3, 0.4) is 0 Å². The first-order chi connectivity index (χ1) is 5.66. The Morgan fingerprint density at radius 3 is 0.538 bits per heavy atom. The molecule has 0 unspecified atom stereocenters. The van der Waals surface area contributed by atoms with E-state index in [0.717, 1.165) is 0 Å². The summed E-state index contributed by atoms with van der Waals surface area (Å²) in [6.45, 7) is 0. The Morgan fingerprint density at radius 2 is 0.538 bits per heavy atom. The van der Waals surface area contributed by atoms with Gasteiger partial charge in [0, 0.05) is 0 Å². The second-order valence-corrected chi connectivity index (χ2v) is 1.10. The molecule has 0 spiro atoms. The van der Waals surface area contributed by atoms with Crippen molar-refractivity contribution in [1.82, 2.24) is 0 Å². The molecule has 0 aliphatic heterocycles. The van der Waals surface area contributed by atoms with Gasteiger partial charge in [-0.25, -0.2) is 0 Å². The smallest absolute Gasteiger partial charge is 0.753 e. The second-order valence-electron chi connectivity index (χ2n) is 0.365. The van der Waals surface area contributed by atoms with E-state index < -0.39 is 0 Å². The monoisotopic (exact) mass is 427 g/mol. The maximum absolute atomic E-state index is 7.13. The van der Waals surface area contributed by atoms with Crippen molar-refractivity contribution in [2.45, 2.75) is 0 Å². The molecule has 0 fully saturated rings. The molecule has 0 saturated heterocycles. The molecule has 70 valence electrons. The minimum atomic E-state index is 0. The van der Waals surface area contributed by atoms with E-state index in [4.69, 9.17) is 21.6 Å². The number of thiocarbonyl (C=S) groups is 4. The topological polar surface area (TPSA) is 89.2 Å². The molecule has 4 nitrogen and oxygen atoms in total. The van der Waals surface area contributed by atoms with Crippen LogP contribution in [-0.2, 0) is 21.1 Å². The Kier molecular flexibility index (Phi) is 210. The number of hydrogen-bond donors (Lipinski definition) is 0. The zero-order valence-electron chi connectivity index (χ0n) is 5.74. The zero-order valence-corrected chi connectivity index (χ0v) is 11.3. The van der Waals surface area contributed by atoms with Crippen LogP contribution in [0.2, 0.25) is 0 Å². The van der Waals surface area contributed by atoms with Gasteiger partial charge in [0.1, 0.15) is 0 Å². The number of rotatable bonds is 0. The Labute approximate surface area is 111 Å². The summed E-state index contributed by atoms with van der Waals surface area (Å²) in [5.74, 6) is 0. The van der Waals surface area contributed by atoms with Crippen LogP contribution in [0.4, 0.5) is 0 Å². The van der Waals surface area contributed by atoms with Crippen LogP contribution in [0.5, 0.6) is 0 Å². The maximum Gasteiger partial charge on any atom is 4.00 e. The van der Waals surface area contributed by atoms with E-state index in [1.165, 1.54) is 20.6 Å². The molecule has 0 aliphatic rings. The van der Waals surface area contributed by atoms with Crippen LogP contribution in [0, 0.1) is 0 Å². The molecule has 0 aromatic carbocycles. The van der Waals surface area contributed by atoms with Crippen LogP contribution in [0.1, 0.15) is 0 Å². The third-order valence-corrected chi connectivity index (χ3v) is 0. The fourth-order valence-corrected chi connectivity index (χ4v) is 0. The van der Waals surface area contributed by atoms with E-state index in [2.05, 4.69) is 48.9 Å². The summed E-state index contributed by atoms with van der Waals surface area (Å²) in [6.07, 6.45) is 0. The molecule has 0 amide bonds. The minimum absolute atomic E-state index is 0. The van der Waals surface area contributed by atoms with Crippen molar-refractivity contribution >= 4 is 69.5 Å². The van der Waals surface area contributed by atoms with Gasteiger partial charge in [0.05, 0.1) is 0 Å². The third kappa shape index (κ3) is 93200. The van der Waals surface area contributed by atoms with Crippen molar-refractivity contribution in [1.29, 1.82) is 0 Å². The number of hydrogen-bond acceptors (Lipinski definition) is 4. The molecule has 0 saturated carbocycles. The molecular weight excluding hydrogens is 427 g/mol. The molecule has 13 heavy (non-hydrogen) atoms. The molecule has 0 aromatic rings. The normalized spacial score (nSPS) is 2.46. The molecular formula is C4N4PtS4. The van der Waals surface area contributed by atoms with Crippen LogP contribution in [0.25, 0.3) is 21.6 Å². The first-order valence-electron chi connectivity index (χ1n) is 1.71. The summed E-state index contributed by atoms with van der Waals surface area (Å²) in [4.78, 5) is 0. The van der Waals surface area contributed by atoms with Crippen molar-refractivity contribution in [2.24, 2.45) is 0 Å². The average Bonchev–Trinajstić information content (AvgIpc) is 1.92. The quantitative estimate of drug-likeness (QED) is 0.439. The predicted molar refractivity (Wildman–Crippen MR) is 63.8 cm³/mol. The summed E-state index contributed by atoms with van der Waals surface area (Å²) >= 11 is 14.8. The second kappa shape index (κ2) is 93.2. The standard InChI is InChI=1S/4CNS.Pt/c4*2-1-3;/q4*-1;+4. The number of nitrogens with zero attached hydrogens (tertiary/aromatic N) is 4. The van der Waals surface area contributed by atoms with Gasteiger partial charge in [-0.15, -0.1) is 0 Å². The summed E-state index contributed by atoms with van der Waals surface area (Å²) in [7, 11) is 0. The van der Waals surface area contributed by atoms with E-state index in [9.17, 15) is 0 Å². The SMILES string of the molecule is [N-]=C=S.[N-]=C=S.[N-]=C=S.[N-]=C=S.[Pt+4]. The maximum atomic E-state index is 7.13. The predicted octanol–water partition coefficient (Wildman–Crippen LogP) is 2.63. The molecule has 0 aromatic heterocycles. The van der Waals surface area contributed by atoms with Gasteiger partial charge in [-0.2, -0.15) is 20.6 Å². The fourth-order valence-electron chi connectivity index (χ4n) is 0. The molecule has 9 heteroatoms. The van der Waals surface area contributed by atoms with E-state index in [1.807, 2.05) is 0 Å². The summed E-state index contributed by atoms with van der Waals surface area (Å²) in [5, 5.41) is 33.9. The molecule has 0 aliphatic carbocycles. The van der Waals surface area contributed by atoms with E-state index in [1.54, 1.807) is 0 Å². The van der Waals surface area contributed by atoms with Crippen molar-refractivity contribution < 1.29 is 21.1 Å². The van der Waals surface area contributed by atoms with Gasteiger partial charge in [0.25, 0.3) is 0 Å². The van der Waals surface area contributed by atoms with Crippen molar-refractivity contribution in [2.75, 3.05) is 0 Å². The number of isothiocyanates is 4. The molecule has 0 heterocycles. The van der Waals surface area contributed by atoms with Gasteiger partial charge in [-0.3, -0.25) is 0 Å². The summed E-state index contributed by atoms with van der Waals surface area (Å²) in [5.41, 5.74) is 0. The Balaban J connectivity index is -0.0000000213. The van der Waals surface area contributed by atoms with Crippen LogP contribution < -0.4 is 0 Å². The largest absolute Gasteiger partial charge is 4.00 e. The van der Waals surface area contributed by atoms with Gasteiger partial charge >= 0.3 is 21.1 Å². The fraction of sp³-hybridized carbons (Fsp3) is 0. The van der Waals surface area contributed by atoms with E-state index in [-0.39, 0.29) is 21.1 Å². The Hall–Kier alpha value is -0.112. The summed E-state index contributed by atoms with van der Waals surface area (Å²) < 4.78 is 0. The van der Waals surface area contributed by atoms with Gasteiger partial charge < -0.3 is 21.6 Å². The first-order valence-corrected chi connectivity index (χ1v) is 3.34. The van der Waals surface area contributed by atoms with Gasteiger partial charge in [-0.05, 0) is 0 Å². The van der Waals surface area contributed by atoms with Crippen LogP contribution in [-0.4, -0.2) is 20.6 Å². The van der Waals surface area contributed by atoms with Gasteiger partial charge in [0.15, 0.2) is 0 Å². The summed E-state index contributed by atoms with van der Waals surface area (Å²) in [6, 6.07) is 0. The molecule has 0 rings (SSSR count). The van der Waals surface area contributed by atoms with E-state index >= 15 is 0 Å². The Bertz CT molecular complexity index is 156. The molecule has 0 bridgehead atoms. The molecule has 0 radical (unpaired) electrons. The third-order valence-electron chi connectivity index (χ3n) is 0. The van der Waals surface area contributed by atoms with Crippen LogP contribution >= 0.6 is 48.9 Å². The minimum Gasteiger partial charge on any atom is -0.753 e. The van der Waals surface area contributed by atoms with Gasteiger partial charge in [0.2, 0.25) is 0 Å². The average molecular weight is 427 g/mol. The van der Waals surface area contributed by atoms with Crippen LogP contribution in [0.15, 0.2) is 0 Å². The van der Waals surface area contributed by atoms with Crippen molar-refractivity contribution in [3.8, 4) is 0 Å². The van der Waals surface area contributed by atoms with E-state index in [0.29, 0.717) is 0 Å². The Morgan fingerprint density at radius 1 is 0.538 bits per heavy atom.